The van der Waals surface area contributed by atoms with E-state index in [9.17, 15) is 4.79 Å². The first-order valence-corrected chi connectivity index (χ1v) is 7.24. The van der Waals surface area contributed by atoms with Crippen molar-refractivity contribution >= 4 is 17.5 Å². The second kappa shape index (κ2) is 6.40. The molecule has 0 spiro atoms. The van der Waals surface area contributed by atoms with E-state index in [4.69, 9.17) is 11.6 Å². The van der Waals surface area contributed by atoms with Crippen LogP contribution in [0.2, 0.25) is 5.02 Å². The first kappa shape index (κ1) is 14.4. The van der Waals surface area contributed by atoms with Crippen molar-refractivity contribution in [1.29, 1.82) is 0 Å². The van der Waals surface area contributed by atoms with Crippen LogP contribution in [0.1, 0.15) is 30.6 Å². The molecule has 0 radical (unpaired) electrons. The summed E-state index contributed by atoms with van der Waals surface area (Å²) >= 11 is 5.96. The molecule has 4 heteroatoms. The Morgan fingerprint density at radius 3 is 2.95 bits per heavy atom. The van der Waals surface area contributed by atoms with Crippen molar-refractivity contribution in [1.82, 2.24) is 10.2 Å². The summed E-state index contributed by atoms with van der Waals surface area (Å²) in [7, 11) is 0. The highest BCUT2D eigenvalue weighted by Gasteiger charge is 2.24. The molecule has 1 aromatic carbocycles. The Balaban J connectivity index is 2.13. The fourth-order valence-electron chi connectivity index (χ4n) is 2.39. The van der Waals surface area contributed by atoms with Crippen molar-refractivity contribution in [3.05, 3.63) is 34.9 Å². The SMILES string of the molecule is CC(C)C1CN(C(=O)c2cccc(Cl)c2)CCCN1. The van der Waals surface area contributed by atoms with E-state index in [2.05, 4.69) is 19.2 Å². The van der Waals surface area contributed by atoms with E-state index in [0.717, 1.165) is 26.1 Å². The fraction of sp³-hybridized carbons (Fsp3) is 0.533. The first-order valence-electron chi connectivity index (χ1n) is 6.86. The van der Waals surface area contributed by atoms with Crippen LogP contribution in [-0.2, 0) is 0 Å². The van der Waals surface area contributed by atoms with Crippen LogP contribution in [0.4, 0.5) is 0 Å². The topological polar surface area (TPSA) is 32.3 Å². The van der Waals surface area contributed by atoms with E-state index in [1.807, 2.05) is 17.0 Å². The Morgan fingerprint density at radius 1 is 1.47 bits per heavy atom. The zero-order valence-electron chi connectivity index (χ0n) is 11.5. The number of rotatable bonds is 2. The van der Waals surface area contributed by atoms with Gasteiger partial charge in [-0.1, -0.05) is 31.5 Å². The maximum Gasteiger partial charge on any atom is 0.253 e. The van der Waals surface area contributed by atoms with Gasteiger partial charge in [-0.3, -0.25) is 4.79 Å². The van der Waals surface area contributed by atoms with Crippen molar-refractivity contribution in [2.24, 2.45) is 5.92 Å². The first-order chi connectivity index (χ1) is 9.08. The Morgan fingerprint density at radius 2 is 2.26 bits per heavy atom. The molecule has 1 atom stereocenters. The van der Waals surface area contributed by atoms with Gasteiger partial charge < -0.3 is 10.2 Å². The predicted octanol–water partition coefficient (Wildman–Crippen LogP) is 2.80. The second-order valence-electron chi connectivity index (χ2n) is 5.42. The Hall–Kier alpha value is -1.06. The lowest BCUT2D eigenvalue weighted by molar-refractivity contribution is 0.0745. The molecule has 1 aromatic rings. The van der Waals surface area contributed by atoms with Crippen molar-refractivity contribution < 1.29 is 4.79 Å². The van der Waals surface area contributed by atoms with Crippen LogP contribution in [0.5, 0.6) is 0 Å². The van der Waals surface area contributed by atoms with Crippen LogP contribution >= 0.6 is 11.6 Å². The van der Waals surface area contributed by atoms with Gasteiger partial charge in [0, 0.05) is 29.7 Å². The highest BCUT2D eigenvalue weighted by atomic mass is 35.5. The van der Waals surface area contributed by atoms with E-state index >= 15 is 0 Å². The molecule has 1 unspecified atom stereocenters. The Kier molecular flexibility index (Phi) is 4.83. The molecule has 1 N–H and O–H groups in total. The molecule has 1 heterocycles. The second-order valence-corrected chi connectivity index (χ2v) is 5.86. The number of benzene rings is 1. The van der Waals surface area contributed by atoms with Gasteiger partial charge in [-0.2, -0.15) is 0 Å². The van der Waals surface area contributed by atoms with Crippen LogP contribution in [-0.4, -0.2) is 36.5 Å². The van der Waals surface area contributed by atoms with Gasteiger partial charge in [-0.15, -0.1) is 0 Å². The van der Waals surface area contributed by atoms with Crippen LogP contribution in [0, 0.1) is 5.92 Å². The van der Waals surface area contributed by atoms with Gasteiger partial charge in [-0.25, -0.2) is 0 Å². The fourth-order valence-corrected chi connectivity index (χ4v) is 2.58. The molecule has 1 amide bonds. The normalized spacial score (nSPS) is 20.4. The lowest BCUT2D eigenvalue weighted by Gasteiger charge is -2.27. The van der Waals surface area contributed by atoms with Gasteiger partial charge in [0.2, 0.25) is 0 Å². The van der Waals surface area contributed by atoms with Crippen LogP contribution in [0.3, 0.4) is 0 Å². The van der Waals surface area contributed by atoms with Gasteiger partial charge in [0.1, 0.15) is 0 Å². The largest absolute Gasteiger partial charge is 0.337 e. The van der Waals surface area contributed by atoms with Gasteiger partial charge in [0.15, 0.2) is 0 Å². The van der Waals surface area contributed by atoms with E-state index in [1.54, 1.807) is 12.1 Å². The summed E-state index contributed by atoms with van der Waals surface area (Å²) < 4.78 is 0. The summed E-state index contributed by atoms with van der Waals surface area (Å²) in [6.45, 7) is 6.92. The summed E-state index contributed by atoms with van der Waals surface area (Å²) in [6, 6.07) is 7.56. The summed E-state index contributed by atoms with van der Waals surface area (Å²) in [6.07, 6.45) is 0.996. The molecule has 1 fully saturated rings. The molecule has 3 nitrogen and oxygen atoms in total. The van der Waals surface area contributed by atoms with Crippen LogP contribution in [0.15, 0.2) is 24.3 Å². The van der Waals surface area contributed by atoms with Crippen LogP contribution < -0.4 is 5.32 Å². The quantitative estimate of drug-likeness (QED) is 0.903. The molecule has 0 saturated carbocycles. The molecule has 0 aromatic heterocycles. The molecule has 0 aliphatic carbocycles. The lowest BCUT2D eigenvalue weighted by atomic mass is 10.0. The number of carbonyl (C=O) groups excluding carboxylic acids is 1. The number of hydrogen-bond acceptors (Lipinski definition) is 2. The average Bonchev–Trinajstić information content (AvgIpc) is 2.63. The van der Waals surface area contributed by atoms with Crippen molar-refractivity contribution in [2.75, 3.05) is 19.6 Å². The van der Waals surface area contributed by atoms with E-state index in [1.165, 1.54) is 0 Å². The van der Waals surface area contributed by atoms with Gasteiger partial charge in [0.25, 0.3) is 5.91 Å². The monoisotopic (exact) mass is 280 g/mol. The minimum atomic E-state index is 0.0804. The number of halogens is 1. The van der Waals surface area contributed by atoms with E-state index in [0.29, 0.717) is 22.5 Å². The van der Waals surface area contributed by atoms with Gasteiger partial charge >= 0.3 is 0 Å². The zero-order valence-corrected chi connectivity index (χ0v) is 12.3. The molecule has 104 valence electrons. The third-order valence-electron chi connectivity index (χ3n) is 3.59. The molecule has 2 rings (SSSR count). The highest BCUT2D eigenvalue weighted by Crippen LogP contribution is 2.15. The van der Waals surface area contributed by atoms with Gasteiger partial charge in [0.05, 0.1) is 0 Å². The standard InChI is InChI=1S/C15H21ClN2O/c1-11(2)14-10-18(8-4-7-17-14)15(19)12-5-3-6-13(16)9-12/h3,5-6,9,11,14,17H,4,7-8,10H2,1-2H3. The van der Waals surface area contributed by atoms with E-state index < -0.39 is 0 Å². The van der Waals surface area contributed by atoms with Crippen LogP contribution in [0.25, 0.3) is 0 Å². The number of nitrogens with one attached hydrogen (secondary N) is 1. The molecule has 19 heavy (non-hydrogen) atoms. The molecule has 0 bridgehead atoms. The molecule has 1 aliphatic rings. The number of carbonyl (C=O) groups is 1. The lowest BCUT2D eigenvalue weighted by Crippen LogP contribution is -2.43. The predicted molar refractivity (Wildman–Crippen MR) is 78.6 cm³/mol. The van der Waals surface area contributed by atoms with Crippen molar-refractivity contribution in [3.63, 3.8) is 0 Å². The Bertz CT molecular complexity index is 448. The summed E-state index contributed by atoms with van der Waals surface area (Å²) in [4.78, 5) is 14.5. The highest BCUT2D eigenvalue weighted by molar-refractivity contribution is 6.30. The molecular weight excluding hydrogens is 260 g/mol. The molecule has 1 saturated heterocycles. The maximum atomic E-state index is 12.5. The smallest absolute Gasteiger partial charge is 0.253 e. The number of hydrogen-bond donors (Lipinski definition) is 1. The van der Waals surface area contributed by atoms with Gasteiger partial charge in [-0.05, 0) is 37.1 Å². The Labute approximate surface area is 119 Å². The average molecular weight is 281 g/mol. The summed E-state index contributed by atoms with van der Waals surface area (Å²) in [5.74, 6) is 0.601. The van der Waals surface area contributed by atoms with Crippen molar-refractivity contribution in [3.8, 4) is 0 Å². The third-order valence-corrected chi connectivity index (χ3v) is 3.83. The molecule has 1 aliphatic heterocycles. The minimum absolute atomic E-state index is 0.0804. The zero-order chi connectivity index (χ0) is 13.8. The third kappa shape index (κ3) is 3.71. The summed E-state index contributed by atoms with van der Waals surface area (Å²) in [5.41, 5.74) is 0.678. The number of nitrogens with zero attached hydrogens (tertiary/aromatic N) is 1. The number of amides is 1. The van der Waals surface area contributed by atoms with Crippen molar-refractivity contribution in [2.45, 2.75) is 26.3 Å². The minimum Gasteiger partial charge on any atom is -0.337 e. The summed E-state index contributed by atoms with van der Waals surface area (Å²) in [5, 5.41) is 4.12. The van der Waals surface area contributed by atoms with E-state index in [-0.39, 0.29) is 5.91 Å². The maximum absolute atomic E-state index is 12.5. The molecular formula is C15H21ClN2O.